The van der Waals surface area contributed by atoms with Crippen LogP contribution in [0.3, 0.4) is 0 Å². The fraction of sp³-hybridized carbons (Fsp3) is 0.333. The first-order valence-electron chi connectivity index (χ1n) is 10.9. The summed E-state index contributed by atoms with van der Waals surface area (Å²) >= 11 is 5.67. The molecule has 1 aliphatic carbocycles. The maximum atomic E-state index is 12.9. The molecular weight excluding hydrogens is 513 g/mol. The van der Waals surface area contributed by atoms with Crippen LogP contribution in [-0.2, 0) is 11.0 Å². The van der Waals surface area contributed by atoms with Gasteiger partial charge in [-0.25, -0.2) is 4.79 Å². The molecule has 1 heterocycles. The zero-order valence-corrected chi connectivity index (χ0v) is 21.7. The minimum atomic E-state index is -4.58. The molecule has 0 spiro atoms. The first kappa shape index (κ1) is 28.9. The number of hydrogen-bond donors (Lipinski definition) is 3. The summed E-state index contributed by atoms with van der Waals surface area (Å²) in [6.45, 7) is 6.28. The standard InChI is InChI=1S/C21H17F3N4O3.C3H9ClSi/c22-21(23,24)13-3-1-4-14(9-13)27-20(31)28-19(15-8-7-12(10-25)11-26-15)18-16(29)5-2-6-17(18)30;1-5(2,3)4/h1,3-4,7-9,11,19,29H,2,5-6H2,(H2,27,28,31);1-3H3. The summed E-state index contributed by atoms with van der Waals surface area (Å²) in [7, 11) is -1.14. The number of nitriles is 1. The van der Waals surface area contributed by atoms with E-state index in [4.69, 9.17) is 16.3 Å². The number of anilines is 1. The van der Waals surface area contributed by atoms with Crippen molar-refractivity contribution in [2.75, 3.05) is 5.32 Å². The molecular formula is C24H26ClF3N4O3Si. The van der Waals surface area contributed by atoms with E-state index in [-0.39, 0.29) is 46.9 Å². The van der Waals surface area contributed by atoms with Crippen LogP contribution in [0.5, 0.6) is 0 Å². The molecule has 1 aromatic carbocycles. The number of halogens is 4. The van der Waals surface area contributed by atoms with Crippen LogP contribution in [0.15, 0.2) is 53.9 Å². The number of ketones is 1. The molecule has 192 valence electrons. The second kappa shape index (κ2) is 12.1. The van der Waals surface area contributed by atoms with Gasteiger partial charge in [0.25, 0.3) is 0 Å². The summed E-state index contributed by atoms with van der Waals surface area (Å²) in [5.41, 5.74) is -0.632. The van der Waals surface area contributed by atoms with Crippen molar-refractivity contribution in [3.8, 4) is 6.07 Å². The summed E-state index contributed by atoms with van der Waals surface area (Å²) in [6.07, 6.45) is -2.46. The second-order valence-electron chi connectivity index (χ2n) is 8.90. The second-order valence-corrected chi connectivity index (χ2v) is 16.4. The molecule has 12 heteroatoms. The fourth-order valence-electron chi connectivity index (χ4n) is 3.18. The number of urea groups is 1. The van der Waals surface area contributed by atoms with E-state index in [2.05, 4.69) is 35.3 Å². The number of amides is 2. The Morgan fingerprint density at radius 2 is 1.89 bits per heavy atom. The summed E-state index contributed by atoms with van der Waals surface area (Å²) in [4.78, 5) is 29.1. The molecule has 1 aliphatic rings. The van der Waals surface area contributed by atoms with Crippen molar-refractivity contribution < 1.29 is 27.9 Å². The largest absolute Gasteiger partial charge is 0.512 e. The number of aliphatic hydroxyl groups excluding tert-OH is 1. The molecule has 1 aromatic heterocycles. The SMILES string of the molecule is C[Si](C)(C)Cl.N#Cc1ccc(C(NC(=O)Nc2cccc(C(F)(F)F)c2)C2=C(O)CCCC2=O)nc1. The van der Waals surface area contributed by atoms with Gasteiger partial charge in [-0.1, -0.05) is 25.7 Å². The van der Waals surface area contributed by atoms with E-state index in [1.54, 1.807) is 0 Å². The Hall–Kier alpha value is -3.36. The number of benzene rings is 1. The Morgan fingerprint density at radius 1 is 1.22 bits per heavy atom. The van der Waals surface area contributed by atoms with E-state index in [0.29, 0.717) is 6.42 Å². The smallest absolute Gasteiger partial charge is 0.416 e. The van der Waals surface area contributed by atoms with Gasteiger partial charge in [0.1, 0.15) is 25.3 Å². The van der Waals surface area contributed by atoms with Crippen LogP contribution in [0.1, 0.15) is 42.1 Å². The van der Waals surface area contributed by atoms with E-state index in [0.717, 1.165) is 18.2 Å². The number of hydrogen-bond acceptors (Lipinski definition) is 5. The van der Waals surface area contributed by atoms with Gasteiger partial charge in [0, 0.05) is 24.7 Å². The van der Waals surface area contributed by atoms with Gasteiger partial charge in [0.2, 0.25) is 0 Å². The van der Waals surface area contributed by atoms with Crippen LogP contribution in [0.25, 0.3) is 0 Å². The third-order valence-corrected chi connectivity index (χ3v) is 4.65. The summed E-state index contributed by atoms with van der Waals surface area (Å²) < 4.78 is 38.7. The first-order chi connectivity index (χ1) is 16.7. The molecule has 2 aromatic rings. The molecule has 0 radical (unpaired) electrons. The average Bonchev–Trinajstić information content (AvgIpc) is 2.77. The highest BCUT2D eigenvalue weighted by molar-refractivity contribution is 7.18. The van der Waals surface area contributed by atoms with E-state index in [1.807, 2.05) is 6.07 Å². The lowest BCUT2D eigenvalue weighted by Crippen LogP contribution is -2.37. The quantitative estimate of drug-likeness (QED) is 0.305. The minimum Gasteiger partial charge on any atom is -0.512 e. The molecule has 7 nitrogen and oxygen atoms in total. The molecule has 0 saturated heterocycles. The molecule has 0 bridgehead atoms. The number of nitrogens with one attached hydrogen (secondary N) is 2. The molecule has 3 N–H and O–H groups in total. The van der Waals surface area contributed by atoms with Crippen molar-refractivity contribution in [1.29, 1.82) is 5.26 Å². The van der Waals surface area contributed by atoms with Crippen LogP contribution >= 0.6 is 11.1 Å². The van der Waals surface area contributed by atoms with Crippen LogP contribution in [-0.4, -0.2) is 29.3 Å². The fourth-order valence-corrected chi connectivity index (χ4v) is 3.18. The topological polar surface area (TPSA) is 115 Å². The molecule has 0 saturated carbocycles. The van der Waals surface area contributed by atoms with Crippen molar-refractivity contribution in [1.82, 2.24) is 10.3 Å². The third kappa shape index (κ3) is 9.01. The Bertz CT molecular complexity index is 1170. The zero-order chi connectivity index (χ0) is 27.1. The van der Waals surface area contributed by atoms with Gasteiger partial charge in [-0.2, -0.15) is 29.5 Å². The summed E-state index contributed by atoms with van der Waals surface area (Å²) in [6, 6.07) is 6.80. The van der Waals surface area contributed by atoms with Crippen molar-refractivity contribution >= 4 is 36.0 Å². The lowest BCUT2D eigenvalue weighted by Gasteiger charge is -2.24. The van der Waals surface area contributed by atoms with E-state index in [1.165, 1.54) is 24.4 Å². The van der Waals surface area contributed by atoms with Gasteiger partial charge >= 0.3 is 12.2 Å². The van der Waals surface area contributed by atoms with Crippen LogP contribution in [0.4, 0.5) is 23.7 Å². The van der Waals surface area contributed by atoms with Gasteiger partial charge in [-0.15, -0.1) is 0 Å². The van der Waals surface area contributed by atoms with Crippen molar-refractivity contribution in [2.24, 2.45) is 0 Å². The van der Waals surface area contributed by atoms with Crippen LogP contribution in [0, 0.1) is 11.3 Å². The molecule has 2 amide bonds. The van der Waals surface area contributed by atoms with Crippen LogP contribution in [0.2, 0.25) is 19.6 Å². The Morgan fingerprint density at radius 3 is 2.42 bits per heavy atom. The van der Waals surface area contributed by atoms with Gasteiger partial charge in [0.05, 0.1) is 22.4 Å². The number of alkyl halides is 3. The van der Waals surface area contributed by atoms with Gasteiger partial charge in [-0.3, -0.25) is 9.78 Å². The zero-order valence-electron chi connectivity index (χ0n) is 19.9. The Balaban J connectivity index is 0.000000830. The van der Waals surface area contributed by atoms with Crippen LogP contribution < -0.4 is 10.6 Å². The number of aliphatic hydroxyl groups is 1. The van der Waals surface area contributed by atoms with Crippen molar-refractivity contribution in [2.45, 2.75) is 51.1 Å². The highest BCUT2D eigenvalue weighted by Crippen LogP contribution is 2.32. The Labute approximate surface area is 212 Å². The van der Waals surface area contributed by atoms with Gasteiger partial charge < -0.3 is 15.7 Å². The third-order valence-electron chi connectivity index (χ3n) is 4.65. The Kier molecular flexibility index (Phi) is 9.67. The first-order valence-corrected chi connectivity index (χ1v) is 15.4. The summed E-state index contributed by atoms with van der Waals surface area (Å²) in [5, 5.41) is 24.0. The van der Waals surface area contributed by atoms with E-state index in [9.17, 15) is 27.9 Å². The number of aromatic nitrogens is 1. The van der Waals surface area contributed by atoms with Gasteiger partial charge in [0.15, 0.2) is 5.78 Å². The monoisotopic (exact) mass is 538 g/mol. The molecule has 0 fully saturated rings. The molecule has 1 atom stereocenters. The van der Waals surface area contributed by atoms with Crippen molar-refractivity contribution in [3.05, 3.63) is 70.7 Å². The lowest BCUT2D eigenvalue weighted by molar-refractivity contribution is -0.137. The van der Waals surface area contributed by atoms with Gasteiger partial charge in [-0.05, 0) is 36.8 Å². The lowest BCUT2D eigenvalue weighted by atomic mass is 9.89. The number of allylic oxidation sites excluding steroid dienone is 1. The average molecular weight is 539 g/mol. The number of pyridine rings is 1. The predicted octanol–water partition coefficient (Wildman–Crippen LogP) is 6.46. The van der Waals surface area contributed by atoms with E-state index < -0.39 is 31.2 Å². The maximum absolute atomic E-state index is 12.9. The van der Waals surface area contributed by atoms with E-state index >= 15 is 0 Å². The molecule has 0 aliphatic heterocycles. The summed E-state index contributed by atoms with van der Waals surface area (Å²) in [5.74, 6) is -0.564. The highest BCUT2D eigenvalue weighted by Gasteiger charge is 2.32. The highest BCUT2D eigenvalue weighted by atomic mass is 35.6. The number of rotatable bonds is 4. The predicted molar refractivity (Wildman–Crippen MR) is 133 cm³/mol. The number of carbonyl (C=O) groups excluding carboxylic acids is 2. The van der Waals surface area contributed by atoms with Crippen molar-refractivity contribution in [3.63, 3.8) is 0 Å². The molecule has 36 heavy (non-hydrogen) atoms. The number of nitrogens with zero attached hydrogens (tertiary/aromatic N) is 2. The normalized spacial score (nSPS) is 14.8. The minimum absolute atomic E-state index is 0.0392. The molecule has 1 unspecified atom stereocenters. The number of carbonyl (C=O) groups is 2. The maximum Gasteiger partial charge on any atom is 0.416 e. The number of Topliss-reactive ketones (excluding diaryl/α,β-unsaturated/α-hetero) is 1. The molecule has 3 rings (SSSR count).